The van der Waals surface area contributed by atoms with Crippen LogP contribution in [0.4, 0.5) is 0 Å². The second-order valence-electron chi connectivity index (χ2n) is 3.81. The first-order valence-electron chi connectivity index (χ1n) is 5.49. The summed E-state index contributed by atoms with van der Waals surface area (Å²) in [6, 6.07) is 0. The molecule has 0 saturated heterocycles. The van der Waals surface area contributed by atoms with Gasteiger partial charge in [-0.25, -0.2) is 0 Å². The van der Waals surface area contributed by atoms with Gasteiger partial charge >= 0.3 is 0 Å². The summed E-state index contributed by atoms with van der Waals surface area (Å²) in [4.78, 5) is 11.5. The molecule has 0 saturated carbocycles. The van der Waals surface area contributed by atoms with Crippen LogP contribution >= 0.6 is 15.9 Å². The molecule has 14 heavy (non-hydrogen) atoms. The number of rotatable bonds is 7. The first-order valence-corrected chi connectivity index (χ1v) is 6.61. The maximum absolute atomic E-state index is 11.5. The number of carbonyl (C=O) groups is 1. The third-order valence-corrected chi connectivity index (χ3v) is 3.18. The van der Waals surface area contributed by atoms with Crippen molar-refractivity contribution in [2.75, 3.05) is 11.9 Å². The quantitative estimate of drug-likeness (QED) is 0.704. The zero-order chi connectivity index (χ0) is 11.0. The highest BCUT2D eigenvalue weighted by molar-refractivity contribution is 9.09. The summed E-state index contributed by atoms with van der Waals surface area (Å²) in [7, 11) is 0. The van der Waals surface area contributed by atoms with Gasteiger partial charge in [0.2, 0.25) is 5.91 Å². The molecule has 2 nitrogen and oxygen atoms in total. The Hall–Kier alpha value is -0.0500. The van der Waals surface area contributed by atoms with E-state index in [1.165, 1.54) is 0 Å². The van der Waals surface area contributed by atoms with Gasteiger partial charge < -0.3 is 5.32 Å². The number of nitrogens with one attached hydrogen (secondary N) is 1. The van der Waals surface area contributed by atoms with Gasteiger partial charge in [-0.1, -0.05) is 43.1 Å². The van der Waals surface area contributed by atoms with E-state index in [4.69, 9.17) is 0 Å². The summed E-state index contributed by atoms with van der Waals surface area (Å²) in [5.41, 5.74) is 0. The number of hydrogen-bond acceptors (Lipinski definition) is 1. The lowest BCUT2D eigenvalue weighted by molar-refractivity contribution is -0.124. The van der Waals surface area contributed by atoms with Crippen LogP contribution in [-0.2, 0) is 4.79 Å². The summed E-state index contributed by atoms with van der Waals surface area (Å²) in [5.74, 6) is 0.958. The van der Waals surface area contributed by atoms with Crippen molar-refractivity contribution >= 4 is 21.8 Å². The standard InChI is InChI=1S/C11H22BrNO/c1-4-9(3)11(14)13-8-10(5-2)6-7-12/h9-10H,4-8H2,1-3H3,(H,13,14). The normalized spacial score (nSPS) is 14.9. The zero-order valence-corrected chi connectivity index (χ0v) is 11.1. The molecule has 0 bridgehead atoms. The predicted octanol–water partition coefficient (Wildman–Crippen LogP) is 2.96. The summed E-state index contributed by atoms with van der Waals surface area (Å²) in [6.07, 6.45) is 3.19. The molecule has 84 valence electrons. The lowest BCUT2D eigenvalue weighted by atomic mass is 10.0. The highest BCUT2D eigenvalue weighted by Crippen LogP contribution is 2.09. The van der Waals surface area contributed by atoms with E-state index in [-0.39, 0.29) is 11.8 Å². The van der Waals surface area contributed by atoms with Gasteiger partial charge in [0.1, 0.15) is 0 Å². The van der Waals surface area contributed by atoms with Gasteiger partial charge in [0.25, 0.3) is 0 Å². The Morgan fingerprint density at radius 3 is 2.43 bits per heavy atom. The van der Waals surface area contributed by atoms with Crippen molar-refractivity contribution in [1.82, 2.24) is 5.32 Å². The molecular weight excluding hydrogens is 242 g/mol. The minimum absolute atomic E-state index is 0.150. The predicted molar refractivity (Wildman–Crippen MR) is 64.7 cm³/mol. The van der Waals surface area contributed by atoms with E-state index < -0.39 is 0 Å². The molecule has 0 radical (unpaired) electrons. The Morgan fingerprint density at radius 1 is 1.36 bits per heavy atom. The topological polar surface area (TPSA) is 29.1 Å². The molecule has 0 heterocycles. The van der Waals surface area contributed by atoms with Crippen molar-refractivity contribution in [2.24, 2.45) is 11.8 Å². The third-order valence-electron chi connectivity index (χ3n) is 2.72. The van der Waals surface area contributed by atoms with Crippen LogP contribution < -0.4 is 5.32 Å². The smallest absolute Gasteiger partial charge is 0.222 e. The molecular formula is C11H22BrNO. The Balaban J connectivity index is 3.73. The van der Waals surface area contributed by atoms with Crippen LogP contribution in [-0.4, -0.2) is 17.8 Å². The van der Waals surface area contributed by atoms with Crippen molar-refractivity contribution in [2.45, 2.75) is 40.0 Å². The molecule has 0 aromatic rings. The van der Waals surface area contributed by atoms with E-state index in [1.54, 1.807) is 0 Å². The number of halogens is 1. The van der Waals surface area contributed by atoms with E-state index in [0.29, 0.717) is 5.92 Å². The van der Waals surface area contributed by atoms with E-state index in [2.05, 4.69) is 28.2 Å². The fourth-order valence-electron chi connectivity index (χ4n) is 1.21. The molecule has 0 aliphatic rings. The number of carbonyl (C=O) groups excluding carboxylic acids is 1. The number of amides is 1. The van der Waals surface area contributed by atoms with Crippen molar-refractivity contribution in [1.29, 1.82) is 0 Å². The van der Waals surface area contributed by atoms with Crippen LogP contribution in [0.2, 0.25) is 0 Å². The first-order chi connectivity index (χ1) is 6.65. The zero-order valence-electron chi connectivity index (χ0n) is 9.48. The molecule has 3 heteroatoms. The van der Waals surface area contributed by atoms with Gasteiger partial charge in [0.05, 0.1) is 0 Å². The number of alkyl halides is 1. The summed E-state index contributed by atoms with van der Waals surface area (Å²) >= 11 is 3.43. The molecule has 0 rings (SSSR count). The van der Waals surface area contributed by atoms with Crippen molar-refractivity contribution in [3.8, 4) is 0 Å². The van der Waals surface area contributed by atoms with Crippen LogP contribution in [0, 0.1) is 11.8 Å². The minimum atomic E-state index is 0.150. The summed E-state index contributed by atoms with van der Waals surface area (Å²) in [6.45, 7) is 7.01. The third kappa shape index (κ3) is 5.63. The summed E-state index contributed by atoms with van der Waals surface area (Å²) < 4.78 is 0. The average Bonchev–Trinajstić information content (AvgIpc) is 2.22. The molecule has 0 aliphatic heterocycles. The molecule has 1 amide bonds. The van der Waals surface area contributed by atoms with Crippen molar-refractivity contribution in [3.05, 3.63) is 0 Å². The highest BCUT2D eigenvalue weighted by atomic mass is 79.9. The second kappa shape index (κ2) is 8.27. The average molecular weight is 264 g/mol. The molecule has 2 atom stereocenters. The molecule has 0 spiro atoms. The van der Waals surface area contributed by atoms with Crippen LogP contribution in [0.1, 0.15) is 40.0 Å². The van der Waals surface area contributed by atoms with Crippen LogP contribution in [0.5, 0.6) is 0 Å². The molecule has 1 N–H and O–H groups in total. The molecule has 2 unspecified atom stereocenters. The molecule has 0 fully saturated rings. The van der Waals surface area contributed by atoms with Gasteiger partial charge in [-0.05, 0) is 18.8 Å². The van der Waals surface area contributed by atoms with E-state index in [0.717, 1.165) is 31.1 Å². The van der Waals surface area contributed by atoms with E-state index >= 15 is 0 Å². The van der Waals surface area contributed by atoms with Crippen molar-refractivity contribution < 1.29 is 4.79 Å². The molecule has 0 aliphatic carbocycles. The SMILES string of the molecule is CCC(CCBr)CNC(=O)C(C)CC. The van der Waals surface area contributed by atoms with E-state index in [9.17, 15) is 4.79 Å². The van der Waals surface area contributed by atoms with E-state index in [1.807, 2.05) is 13.8 Å². The lowest BCUT2D eigenvalue weighted by Gasteiger charge is -2.16. The van der Waals surface area contributed by atoms with Crippen molar-refractivity contribution in [3.63, 3.8) is 0 Å². The molecule has 0 aromatic carbocycles. The van der Waals surface area contributed by atoms with Gasteiger partial charge in [0.15, 0.2) is 0 Å². The maximum atomic E-state index is 11.5. The Morgan fingerprint density at radius 2 is 2.00 bits per heavy atom. The maximum Gasteiger partial charge on any atom is 0.222 e. The Kier molecular flexibility index (Phi) is 8.24. The Labute approximate surface area is 96.0 Å². The van der Waals surface area contributed by atoms with Gasteiger partial charge in [0, 0.05) is 17.8 Å². The van der Waals surface area contributed by atoms with Crippen LogP contribution in [0.3, 0.4) is 0 Å². The van der Waals surface area contributed by atoms with Crippen LogP contribution in [0.15, 0.2) is 0 Å². The van der Waals surface area contributed by atoms with Gasteiger partial charge in [-0.2, -0.15) is 0 Å². The monoisotopic (exact) mass is 263 g/mol. The fourth-order valence-corrected chi connectivity index (χ4v) is 1.86. The number of hydrogen-bond donors (Lipinski definition) is 1. The van der Waals surface area contributed by atoms with Gasteiger partial charge in [-0.3, -0.25) is 4.79 Å². The first kappa shape index (κ1) is 13.9. The second-order valence-corrected chi connectivity index (χ2v) is 4.60. The highest BCUT2D eigenvalue weighted by Gasteiger charge is 2.12. The molecule has 0 aromatic heterocycles. The minimum Gasteiger partial charge on any atom is -0.356 e. The largest absolute Gasteiger partial charge is 0.356 e. The van der Waals surface area contributed by atoms with Crippen LogP contribution in [0.25, 0.3) is 0 Å². The lowest BCUT2D eigenvalue weighted by Crippen LogP contribution is -2.33. The summed E-state index contributed by atoms with van der Waals surface area (Å²) in [5, 5.41) is 4.03. The fraction of sp³-hybridized carbons (Fsp3) is 0.909. The van der Waals surface area contributed by atoms with Gasteiger partial charge in [-0.15, -0.1) is 0 Å². The Bertz CT molecular complexity index is 161.